The molecule has 0 saturated carbocycles. The largest absolute Gasteiger partial charge is 0.368 e. The summed E-state index contributed by atoms with van der Waals surface area (Å²) in [6, 6.07) is 7.07. The van der Waals surface area contributed by atoms with E-state index in [1.807, 2.05) is 36.1 Å². The SMILES string of the molecule is C=C/C(CC)=C(\C(Cl)=C/C)N1CCCN(C(=O)Nc2cccc(Cl)c2)CC1. The van der Waals surface area contributed by atoms with Crippen LogP contribution in [-0.4, -0.2) is 42.0 Å². The van der Waals surface area contributed by atoms with E-state index < -0.39 is 0 Å². The molecule has 1 saturated heterocycles. The summed E-state index contributed by atoms with van der Waals surface area (Å²) in [5.74, 6) is 0. The average molecular weight is 408 g/mol. The highest BCUT2D eigenvalue weighted by atomic mass is 35.5. The molecule has 0 atom stereocenters. The van der Waals surface area contributed by atoms with E-state index in [-0.39, 0.29) is 6.03 Å². The first-order chi connectivity index (χ1) is 13.0. The van der Waals surface area contributed by atoms with E-state index in [1.165, 1.54) is 0 Å². The molecule has 2 amide bonds. The molecular weight excluding hydrogens is 381 g/mol. The van der Waals surface area contributed by atoms with Crippen LogP contribution in [0.5, 0.6) is 0 Å². The zero-order valence-electron chi connectivity index (χ0n) is 16.0. The lowest BCUT2D eigenvalue weighted by Crippen LogP contribution is -2.38. The molecule has 0 radical (unpaired) electrons. The third-order valence-corrected chi connectivity index (χ3v) is 5.22. The third kappa shape index (κ3) is 5.78. The summed E-state index contributed by atoms with van der Waals surface area (Å²) in [5, 5.41) is 4.25. The van der Waals surface area contributed by atoms with Crippen molar-refractivity contribution < 1.29 is 4.79 Å². The van der Waals surface area contributed by atoms with E-state index in [0.29, 0.717) is 23.8 Å². The maximum atomic E-state index is 12.6. The number of nitrogens with one attached hydrogen (secondary N) is 1. The maximum absolute atomic E-state index is 12.6. The van der Waals surface area contributed by atoms with Crippen molar-refractivity contribution in [3.63, 3.8) is 0 Å². The van der Waals surface area contributed by atoms with Gasteiger partial charge < -0.3 is 15.1 Å². The van der Waals surface area contributed by atoms with Gasteiger partial charge in [0.15, 0.2) is 0 Å². The van der Waals surface area contributed by atoms with Gasteiger partial charge in [0.2, 0.25) is 0 Å². The van der Waals surface area contributed by atoms with Gasteiger partial charge in [-0.05, 0) is 43.5 Å². The van der Waals surface area contributed by atoms with Crippen molar-refractivity contribution in [3.8, 4) is 0 Å². The Morgan fingerprint density at radius 3 is 2.59 bits per heavy atom. The smallest absolute Gasteiger partial charge is 0.321 e. The van der Waals surface area contributed by atoms with Gasteiger partial charge in [-0.3, -0.25) is 0 Å². The van der Waals surface area contributed by atoms with Gasteiger partial charge >= 0.3 is 6.03 Å². The molecule has 146 valence electrons. The summed E-state index contributed by atoms with van der Waals surface area (Å²) in [4.78, 5) is 16.7. The van der Waals surface area contributed by atoms with E-state index in [1.54, 1.807) is 12.1 Å². The zero-order valence-corrected chi connectivity index (χ0v) is 17.5. The fourth-order valence-corrected chi connectivity index (χ4v) is 3.60. The monoisotopic (exact) mass is 407 g/mol. The van der Waals surface area contributed by atoms with Crippen molar-refractivity contribution in [1.82, 2.24) is 9.80 Å². The predicted octanol–water partition coefficient (Wildman–Crippen LogP) is 5.87. The molecule has 1 aromatic carbocycles. The molecule has 1 aliphatic heterocycles. The number of benzene rings is 1. The lowest BCUT2D eigenvalue weighted by Gasteiger charge is -2.28. The summed E-state index contributed by atoms with van der Waals surface area (Å²) in [5.41, 5.74) is 2.84. The van der Waals surface area contributed by atoms with Crippen molar-refractivity contribution in [2.24, 2.45) is 0 Å². The van der Waals surface area contributed by atoms with Crippen LogP contribution in [0.4, 0.5) is 10.5 Å². The highest BCUT2D eigenvalue weighted by Gasteiger charge is 2.22. The van der Waals surface area contributed by atoms with Crippen molar-refractivity contribution in [2.75, 3.05) is 31.5 Å². The van der Waals surface area contributed by atoms with E-state index in [4.69, 9.17) is 23.2 Å². The molecule has 1 fully saturated rings. The van der Waals surface area contributed by atoms with Crippen LogP contribution in [0.2, 0.25) is 5.02 Å². The van der Waals surface area contributed by atoms with Crippen LogP contribution in [-0.2, 0) is 0 Å². The first-order valence-electron chi connectivity index (χ1n) is 9.24. The Bertz CT molecular complexity index is 743. The summed E-state index contributed by atoms with van der Waals surface area (Å²) in [6.07, 6.45) is 5.51. The molecule has 27 heavy (non-hydrogen) atoms. The van der Waals surface area contributed by atoms with Gasteiger partial charge in [-0.15, -0.1) is 0 Å². The highest BCUT2D eigenvalue weighted by molar-refractivity contribution is 6.32. The van der Waals surface area contributed by atoms with Gasteiger partial charge in [0.1, 0.15) is 0 Å². The summed E-state index contributed by atoms with van der Waals surface area (Å²) >= 11 is 12.5. The Balaban J connectivity index is 2.10. The second-order valence-electron chi connectivity index (χ2n) is 6.34. The van der Waals surface area contributed by atoms with E-state index >= 15 is 0 Å². The van der Waals surface area contributed by atoms with Crippen LogP contribution < -0.4 is 5.32 Å². The minimum atomic E-state index is -0.110. The molecule has 0 bridgehead atoms. The second-order valence-corrected chi connectivity index (χ2v) is 7.18. The molecule has 0 spiro atoms. The number of hydrogen-bond acceptors (Lipinski definition) is 2. The Labute approximate surface area is 172 Å². The van der Waals surface area contributed by atoms with Gasteiger partial charge in [0.25, 0.3) is 0 Å². The van der Waals surface area contributed by atoms with Crippen LogP contribution in [0, 0.1) is 0 Å². The molecule has 1 heterocycles. The van der Waals surface area contributed by atoms with E-state index in [0.717, 1.165) is 42.2 Å². The first-order valence-corrected chi connectivity index (χ1v) is 10.00. The number of urea groups is 1. The highest BCUT2D eigenvalue weighted by Crippen LogP contribution is 2.27. The Morgan fingerprint density at radius 1 is 1.26 bits per heavy atom. The first kappa shape index (κ1) is 21.4. The fourth-order valence-electron chi connectivity index (χ4n) is 3.17. The third-order valence-electron chi connectivity index (χ3n) is 4.59. The number of allylic oxidation sites excluding steroid dienone is 4. The predicted molar refractivity (Wildman–Crippen MR) is 115 cm³/mol. The molecule has 0 aliphatic carbocycles. The molecule has 1 aliphatic rings. The summed E-state index contributed by atoms with van der Waals surface area (Å²) in [6.45, 7) is 10.8. The van der Waals surface area contributed by atoms with Crippen LogP contribution in [0.1, 0.15) is 26.7 Å². The summed E-state index contributed by atoms with van der Waals surface area (Å²) in [7, 11) is 0. The number of halogens is 2. The van der Waals surface area contributed by atoms with Crippen LogP contribution >= 0.6 is 23.2 Å². The number of amides is 2. The molecule has 0 unspecified atom stereocenters. The lowest BCUT2D eigenvalue weighted by molar-refractivity contribution is 0.213. The molecule has 4 nitrogen and oxygen atoms in total. The topological polar surface area (TPSA) is 35.6 Å². The van der Waals surface area contributed by atoms with Gasteiger partial charge in [-0.2, -0.15) is 0 Å². The van der Waals surface area contributed by atoms with Crippen molar-refractivity contribution in [1.29, 1.82) is 0 Å². The second kappa shape index (κ2) is 10.4. The number of carbonyl (C=O) groups is 1. The Morgan fingerprint density at radius 2 is 1.96 bits per heavy atom. The molecule has 0 aromatic heterocycles. The van der Waals surface area contributed by atoms with Crippen LogP contribution in [0.25, 0.3) is 0 Å². The number of anilines is 1. The van der Waals surface area contributed by atoms with Gasteiger partial charge in [0.05, 0.1) is 10.7 Å². The average Bonchev–Trinajstić information content (AvgIpc) is 2.91. The lowest BCUT2D eigenvalue weighted by atomic mass is 10.1. The van der Waals surface area contributed by atoms with Gasteiger partial charge in [-0.1, -0.05) is 54.9 Å². The molecule has 1 aromatic rings. The standard InChI is InChI=1S/C21H27Cl2N3O/c1-4-16(5-2)20(19(23)6-3)25-11-8-12-26(14-13-25)21(27)24-18-10-7-9-17(22)15-18/h4,6-7,9-10,15H,1,5,8,11-14H2,2-3H3,(H,24,27)/b19-6+,20-16-. The molecule has 1 N–H and O–H groups in total. The van der Waals surface area contributed by atoms with Crippen LogP contribution in [0.15, 0.2) is 59.3 Å². The Kier molecular flexibility index (Phi) is 8.26. The van der Waals surface area contributed by atoms with Crippen molar-refractivity contribution in [2.45, 2.75) is 26.7 Å². The van der Waals surface area contributed by atoms with Gasteiger partial charge in [0, 0.05) is 36.9 Å². The van der Waals surface area contributed by atoms with E-state index in [2.05, 4.69) is 23.7 Å². The number of hydrogen-bond donors (Lipinski definition) is 1. The van der Waals surface area contributed by atoms with Crippen LogP contribution in [0.3, 0.4) is 0 Å². The van der Waals surface area contributed by atoms with Crippen molar-refractivity contribution >= 4 is 34.9 Å². The number of nitrogens with zero attached hydrogens (tertiary/aromatic N) is 2. The Hall–Kier alpha value is -1.91. The fraction of sp³-hybridized carbons (Fsp3) is 0.381. The number of carbonyl (C=O) groups excluding carboxylic acids is 1. The molecule has 2 rings (SSSR count). The minimum absolute atomic E-state index is 0.110. The van der Waals surface area contributed by atoms with E-state index in [9.17, 15) is 4.79 Å². The number of rotatable bonds is 5. The normalized spacial score (nSPS) is 16.5. The minimum Gasteiger partial charge on any atom is -0.368 e. The quantitative estimate of drug-likeness (QED) is 0.619. The molecule has 6 heteroatoms. The van der Waals surface area contributed by atoms with Gasteiger partial charge in [-0.25, -0.2) is 4.79 Å². The zero-order chi connectivity index (χ0) is 19.8. The summed E-state index contributed by atoms with van der Waals surface area (Å²) < 4.78 is 0. The van der Waals surface area contributed by atoms with Crippen molar-refractivity contribution in [3.05, 3.63) is 64.3 Å². The molecular formula is C21H27Cl2N3O. The maximum Gasteiger partial charge on any atom is 0.321 e.